The summed E-state index contributed by atoms with van der Waals surface area (Å²) in [6.07, 6.45) is 2.77. The number of nitrogens with zero attached hydrogens (tertiary/aromatic N) is 2. The average Bonchev–Trinajstić information content (AvgIpc) is 2.54. The topological polar surface area (TPSA) is 51.4 Å². The molecular formula is C17H23N3O. The molecule has 112 valence electrons. The van der Waals surface area contributed by atoms with Crippen LogP contribution in [0.2, 0.25) is 0 Å². The van der Waals surface area contributed by atoms with E-state index in [4.69, 9.17) is 10.5 Å². The maximum absolute atomic E-state index is 5.99. The van der Waals surface area contributed by atoms with Gasteiger partial charge in [-0.1, -0.05) is 19.1 Å². The van der Waals surface area contributed by atoms with Crippen LogP contribution < -0.4 is 15.4 Å². The zero-order valence-electron chi connectivity index (χ0n) is 12.9. The second kappa shape index (κ2) is 7.09. The SMILES string of the molecule is CC[C@@H](N)c1ccc(N(C)Cc2cccc(OC)c2)cn1. The molecule has 2 N–H and O–H groups in total. The van der Waals surface area contributed by atoms with Crippen molar-refractivity contribution in [3.63, 3.8) is 0 Å². The Hall–Kier alpha value is -2.07. The van der Waals surface area contributed by atoms with Crippen LogP contribution in [-0.4, -0.2) is 19.1 Å². The van der Waals surface area contributed by atoms with Crippen molar-refractivity contribution >= 4 is 5.69 Å². The number of anilines is 1. The third kappa shape index (κ3) is 3.95. The first-order valence-electron chi connectivity index (χ1n) is 7.19. The molecule has 1 heterocycles. The van der Waals surface area contributed by atoms with Gasteiger partial charge in [0.05, 0.1) is 24.7 Å². The van der Waals surface area contributed by atoms with Gasteiger partial charge in [-0.3, -0.25) is 4.98 Å². The predicted molar refractivity (Wildman–Crippen MR) is 86.6 cm³/mol. The van der Waals surface area contributed by atoms with Gasteiger partial charge in [-0.2, -0.15) is 0 Å². The summed E-state index contributed by atoms with van der Waals surface area (Å²) in [6.45, 7) is 2.87. The van der Waals surface area contributed by atoms with E-state index in [2.05, 4.69) is 36.0 Å². The number of ether oxygens (including phenoxy) is 1. The van der Waals surface area contributed by atoms with Crippen molar-refractivity contribution in [2.45, 2.75) is 25.9 Å². The lowest BCUT2D eigenvalue weighted by atomic mass is 10.1. The normalized spacial score (nSPS) is 12.0. The number of aromatic nitrogens is 1. The highest BCUT2D eigenvalue weighted by Crippen LogP contribution is 2.19. The number of rotatable bonds is 6. The highest BCUT2D eigenvalue weighted by atomic mass is 16.5. The Morgan fingerprint density at radius 3 is 2.71 bits per heavy atom. The van der Waals surface area contributed by atoms with Crippen LogP contribution in [0.15, 0.2) is 42.6 Å². The minimum atomic E-state index is 0.0164. The van der Waals surface area contributed by atoms with Gasteiger partial charge in [-0.15, -0.1) is 0 Å². The zero-order chi connectivity index (χ0) is 15.2. The van der Waals surface area contributed by atoms with Crippen LogP contribution in [0.25, 0.3) is 0 Å². The summed E-state index contributed by atoms with van der Waals surface area (Å²) in [5.41, 5.74) is 9.20. The summed E-state index contributed by atoms with van der Waals surface area (Å²) in [6, 6.07) is 12.2. The van der Waals surface area contributed by atoms with E-state index >= 15 is 0 Å². The third-order valence-corrected chi connectivity index (χ3v) is 3.59. The molecule has 4 heteroatoms. The molecule has 0 saturated carbocycles. The van der Waals surface area contributed by atoms with E-state index in [9.17, 15) is 0 Å². The van der Waals surface area contributed by atoms with Crippen LogP contribution in [0, 0.1) is 0 Å². The van der Waals surface area contributed by atoms with Gasteiger partial charge in [0.2, 0.25) is 0 Å². The van der Waals surface area contributed by atoms with Gasteiger partial charge in [0.1, 0.15) is 5.75 Å². The molecule has 0 saturated heterocycles. The first-order chi connectivity index (χ1) is 10.1. The van der Waals surface area contributed by atoms with E-state index in [1.807, 2.05) is 30.5 Å². The Morgan fingerprint density at radius 1 is 1.29 bits per heavy atom. The molecule has 4 nitrogen and oxygen atoms in total. The van der Waals surface area contributed by atoms with E-state index in [1.165, 1.54) is 5.56 Å². The molecule has 2 rings (SSSR count). The number of pyridine rings is 1. The lowest BCUT2D eigenvalue weighted by molar-refractivity contribution is 0.414. The number of nitrogens with two attached hydrogens (primary N) is 1. The van der Waals surface area contributed by atoms with Crippen molar-refractivity contribution in [1.82, 2.24) is 4.98 Å². The van der Waals surface area contributed by atoms with Crippen LogP contribution in [-0.2, 0) is 6.54 Å². The maximum atomic E-state index is 5.99. The third-order valence-electron chi connectivity index (χ3n) is 3.59. The molecule has 0 radical (unpaired) electrons. The van der Waals surface area contributed by atoms with Gasteiger partial charge in [-0.05, 0) is 36.2 Å². The van der Waals surface area contributed by atoms with Gasteiger partial charge >= 0.3 is 0 Å². The molecule has 0 bridgehead atoms. The smallest absolute Gasteiger partial charge is 0.119 e. The van der Waals surface area contributed by atoms with Gasteiger partial charge in [0, 0.05) is 19.6 Å². The van der Waals surface area contributed by atoms with Crippen molar-refractivity contribution in [2.75, 3.05) is 19.1 Å². The van der Waals surface area contributed by atoms with E-state index in [-0.39, 0.29) is 6.04 Å². The predicted octanol–water partition coefficient (Wildman–Crippen LogP) is 3.14. The van der Waals surface area contributed by atoms with Crippen molar-refractivity contribution in [3.05, 3.63) is 53.9 Å². The highest BCUT2D eigenvalue weighted by Gasteiger charge is 2.07. The van der Waals surface area contributed by atoms with E-state index in [1.54, 1.807) is 7.11 Å². The standard InChI is InChI=1S/C17H23N3O/c1-4-16(18)17-9-8-14(11-19-17)20(2)12-13-6-5-7-15(10-13)21-3/h5-11,16H,4,12,18H2,1-3H3/t16-/m1/s1. The Kier molecular flexibility index (Phi) is 5.17. The summed E-state index contributed by atoms with van der Waals surface area (Å²) in [7, 11) is 3.73. The average molecular weight is 285 g/mol. The summed E-state index contributed by atoms with van der Waals surface area (Å²) >= 11 is 0. The zero-order valence-corrected chi connectivity index (χ0v) is 12.9. The maximum Gasteiger partial charge on any atom is 0.119 e. The molecule has 0 aliphatic carbocycles. The molecule has 0 amide bonds. The Morgan fingerprint density at radius 2 is 2.10 bits per heavy atom. The monoisotopic (exact) mass is 285 g/mol. The molecule has 1 aromatic carbocycles. The quantitative estimate of drug-likeness (QED) is 0.886. The second-order valence-electron chi connectivity index (χ2n) is 5.16. The van der Waals surface area contributed by atoms with Crippen LogP contribution in [0.1, 0.15) is 30.6 Å². The van der Waals surface area contributed by atoms with Crippen molar-refractivity contribution in [2.24, 2.45) is 5.73 Å². The van der Waals surface area contributed by atoms with E-state index < -0.39 is 0 Å². The fourth-order valence-electron chi connectivity index (χ4n) is 2.19. The lowest BCUT2D eigenvalue weighted by Gasteiger charge is -2.20. The summed E-state index contributed by atoms with van der Waals surface area (Å²) in [5, 5.41) is 0. The Balaban J connectivity index is 2.07. The Bertz CT molecular complexity index is 569. The van der Waals surface area contributed by atoms with Crippen LogP contribution in [0.3, 0.4) is 0 Å². The molecule has 21 heavy (non-hydrogen) atoms. The molecular weight excluding hydrogens is 262 g/mol. The number of methoxy groups -OCH3 is 1. The largest absolute Gasteiger partial charge is 0.497 e. The van der Waals surface area contributed by atoms with Gasteiger partial charge < -0.3 is 15.4 Å². The van der Waals surface area contributed by atoms with Crippen LogP contribution >= 0.6 is 0 Å². The minimum Gasteiger partial charge on any atom is -0.497 e. The summed E-state index contributed by atoms with van der Waals surface area (Å²) in [4.78, 5) is 6.61. The van der Waals surface area contributed by atoms with Crippen LogP contribution in [0.5, 0.6) is 5.75 Å². The first kappa shape index (κ1) is 15.3. The first-order valence-corrected chi connectivity index (χ1v) is 7.19. The fourth-order valence-corrected chi connectivity index (χ4v) is 2.19. The molecule has 1 atom stereocenters. The molecule has 0 aliphatic heterocycles. The molecule has 1 aromatic heterocycles. The Labute approximate surface area is 126 Å². The molecule has 0 spiro atoms. The fraction of sp³-hybridized carbons (Fsp3) is 0.353. The van der Waals surface area contributed by atoms with E-state index in [0.717, 1.165) is 30.1 Å². The minimum absolute atomic E-state index is 0.0164. The molecule has 0 unspecified atom stereocenters. The summed E-state index contributed by atoms with van der Waals surface area (Å²) in [5.74, 6) is 0.878. The van der Waals surface area contributed by atoms with Gasteiger partial charge in [0.25, 0.3) is 0 Å². The molecule has 0 aliphatic rings. The van der Waals surface area contributed by atoms with Crippen molar-refractivity contribution in [1.29, 1.82) is 0 Å². The second-order valence-corrected chi connectivity index (χ2v) is 5.16. The van der Waals surface area contributed by atoms with Gasteiger partial charge in [-0.25, -0.2) is 0 Å². The van der Waals surface area contributed by atoms with Crippen molar-refractivity contribution < 1.29 is 4.74 Å². The molecule has 2 aromatic rings. The van der Waals surface area contributed by atoms with E-state index in [0.29, 0.717) is 0 Å². The van der Waals surface area contributed by atoms with Crippen molar-refractivity contribution in [3.8, 4) is 5.75 Å². The highest BCUT2D eigenvalue weighted by molar-refractivity contribution is 5.45. The lowest BCUT2D eigenvalue weighted by Crippen LogP contribution is -2.17. The summed E-state index contributed by atoms with van der Waals surface area (Å²) < 4.78 is 5.25. The number of hydrogen-bond donors (Lipinski definition) is 1. The number of benzene rings is 1. The molecule has 0 fully saturated rings. The van der Waals surface area contributed by atoms with Gasteiger partial charge in [0.15, 0.2) is 0 Å². The number of hydrogen-bond acceptors (Lipinski definition) is 4. The van der Waals surface area contributed by atoms with Crippen LogP contribution in [0.4, 0.5) is 5.69 Å².